The number of hydrogen-bond donors (Lipinski definition) is 1. The average Bonchev–Trinajstić information content (AvgIpc) is 2.68. The third-order valence-electron chi connectivity index (χ3n) is 4.85. The SMILES string of the molecule is CC(C)(C)S(=O)(=O)CCN1CCCNC2(CCCC2)C1. The van der Waals surface area contributed by atoms with Gasteiger partial charge >= 0.3 is 0 Å². The van der Waals surface area contributed by atoms with Crippen molar-refractivity contribution in [2.75, 3.05) is 31.9 Å². The van der Waals surface area contributed by atoms with Gasteiger partial charge < -0.3 is 10.2 Å². The molecule has 1 heterocycles. The highest BCUT2D eigenvalue weighted by atomic mass is 32.2. The molecule has 2 aliphatic rings. The smallest absolute Gasteiger partial charge is 0.156 e. The van der Waals surface area contributed by atoms with Crippen molar-refractivity contribution in [3.8, 4) is 0 Å². The van der Waals surface area contributed by atoms with E-state index in [4.69, 9.17) is 0 Å². The Kier molecular flexibility index (Phi) is 4.82. The number of nitrogens with zero attached hydrogens (tertiary/aromatic N) is 1. The van der Waals surface area contributed by atoms with Crippen molar-refractivity contribution in [3.05, 3.63) is 0 Å². The van der Waals surface area contributed by atoms with Gasteiger partial charge in [0.1, 0.15) is 0 Å². The summed E-state index contributed by atoms with van der Waals surface area (Å²) in [5, 5.41) is 3.72. The molecule has 1 N–H and O–H groups in total. The summed E-state index contributed by atoms with van der Waals surface area (Å²) in [5.74, 6) is 0.284. The zero-order valence-electron chi connectivity index (χ0n) is 13.2. The number of sulfone groups is 1. The van der Waals surface area contributed by atoms with Crippen LogP contribution in [0.1, 0.15) is 52.9 Å². The second kappa shape index (κ2) is 5.93. The third-order valence-corrected chi connectivity index (χ3v) is 7.43. The van der Waals surface area contributed by atoms with Crippen molar-refractivity contribution < 1.29 is 8.42 Å². The van der Waals surface area contributed by atoms with Gasteiger partial charge in [-0.3, -0.25) is 0 Å². The maximum absolute atomic E-state index is 12.3. The molecule has 2 fully saturated rings. The molecule has 1 spiro atoms. The van der Waals surface area contributed by atoms with Gasteiger partial charge in [0.2, 0.25) is 0 Å². The van der Waals surface area contributed by atoms with Gasteiger partial charge in [-0.25, -0.2) is 8.42 Å². The van der Waals surface area contributed by atoms with Crippen LogP contribution < -0.4 is 5.32 Å². The predicted octanol–water partition coefficient (Wildman–Crippen LogP) is 1.81. The third kappa shape index (κ3) is 3.74. The van der Waals surface area contributed by atoms with Gasteiger partial charge in [0.25, 0.3) is 0 Å². The summed E-state index contributed by atoms with van der Waals surface area (Å²) < 4.78 is 23.9. The Morgan fingerprint density at radius 3 is 2.40 bits per heavy atom. The maximum Gasteiger partial charge on any atom is 0.156 e. The molecule has 0 amide bonds. The van der Waals surface area contributed by atoms with Crippen LogP contribution in [0.5, 0.6) is 0 Å². The zero-order chi connectivity index (χ0) is 14.9. The largest absolute Gasteiger partial charge is 0.310 e. The van der Waals surface area contributed by atoms with E-state index in [9.17, 15) is 8.42 Å². The number of hydrogen-bond acceptors (Lipinski definition) is 4. The van der Waals surface area contributed by atoms with Gasteiger partial charge in [0.15, 0.2) is 9.84 Å². The van der Waals surface area contributed by atoms with Gasteiger partial charge in [-0.1, -0.05) is 12.8 Å². The predicted molar refractivity (Wildman–Crippen MR) is 83.8 cm³/mol. The first-order valence-electron chi connectivity index (χ1n) is 7.94. The molecule has 0 radical (unpaired) electrons. The summed E-state index contributed by atoms with van der Waals surface area (Å²) in [7, 11) is -3.01. The normalized spacial score (nSPS) is 24.9. The molecule has 1 aliphatic heterocycles. The van der Waals surface area contributed by atoms with Crippen molar-refractivity contribution in [1.29, 1.82) is 0 Å². The summed E-state index contributed by atoms with van der Waals surface area (Å²) in [5.41, 5.74) is 0.266. The number of nitrogens with one attached hydrogen (secondary N) is 1. The molecule has 0 aromatic rings. The van der Waals surface area contributed by atoms with Crippen molar-refractivity contribution in [3.63, 3.8) is 0 Å². The fourth-order valence-electron chi connectivity index (χ4n) is 3.35. The lowest BCUT2D eigenvalue weighted by Gasteiger charge is -2.33. The molecule has 118 valence electrons. The van der Waals surface area contributed by atoms with Crippen LogP contribution in [0.2, 0.25) is 0 Å². The minimum atomic E-state index is -3.01. The van der Waals surface area contributed by atoms with E-state index in [1.54, 1.807) is 20.8 Å². The van der Waals surface area contributed by atoms with E-state index in [1.165, 1.54) is 25.7 Å². The Morgan fingerprint density at radius 2 is 1.80 bits per heavy atom. The molecule has 0 aromatic heterocycles. The number of rotatable bonds is 3. The summed E-state index contributed by atoms with van der Waals surface area (Å²) in [6.07, 6.45) is 6.23. The lowest BCUT2D eigenvalue weighted by molar-refractivity contribution is 0.219. The standard InChI is InChI=1S/C15H30N2O2S/c1-14(2,3)20(18,19)12-11-17-10-6-9-16-15(13-17)7-4-5-8-15/h16H,4-13H2,1-3H3. The van der Waals surface area contributed by atoms with Crippen molar-refractivity contribution >= 4 is 9.84 Å². The molecule has 1 aliphatic carbocycles. The van der Waals surface area contributed by atoms with Crippen LogP contribution in [0.25, 0.3) is 0 Å². The van der Waals surface area contributed by atoms with Crippen LogP contribution in [0.3, 0.4) is 0 Å². The highest BCUT2D eigenvalue weighted by Gasteiger charge is 2.37. The monoisotopic (exact) mass is 302 g/mol. The van der Waals surface area contributed by atoms with E-state index in [0.717, 1.165) is 26.1 Å². The van der Waals surface area contributed by atoms with Gasteiger partial charge in [0, 0.05) is 18.6 Å². The van der Waals surface area contributed by atoms with Gasteiger partial charge in [-0.05, 0) is 53.1 Å². The topological polar surface area (TPSA) is 49.4 Å². The molecule has 0 unspecified atom stereocenters. The van der Waals surface area contributed by atoms with Gasteiger partial charge in [0.05, 0.1) is 10.5 Å². The van der Waals surface area contributed by atoms with Crippen molar-refractivity contribution in [1.82, 2.24) is 10.2 Å². The minimum absolute atomic E-state index is 0.266. The van der Waals surface area contributed by atoms with E-state index < -0.39 is 14.6 Å². The fourth-order valence-corrected chi connectivity index (χ4v) is 4.46. The first-order valence-corrected chi connectivity index (χ1v) is 9.59. The Labute approximate surface area is 124 Å². The lowest BCUT2D eigenvalue weighted by atomic mass is 9.97. The Hall–Kier alpha value is -0.130. The minimum Gasteiger partial charge on any atom is -0.310 e. The first kappa shape index (κ1) is 16.2. The Morgan fingerprint density at radius 1 is 1.15 bits per heavy atom. The molecule has 2 rings (SSSR count). The molecule has 1 saturated heterocycles. The average molecular weight is 302 g/mol. The zero-order valence-corrected chi connectivity index (χ0v) is 14.1. The van der Waals surface area contributed by atoms with Crippen LogP contribution >= 0.6 is 0 Å². The van der Waals surface area contributed by atoms with Crippen LogP contribution in [-0.4, -0.2) is 55.5 Å². The highest BCUT2D eigenvalue weighted by molar-refractivity contribution is 7.92. The quantitative estimate of drug-likeness (QED) is 0.864. The molecular weight excluding hydrogens is 272 g/mol. The van der Waals surface area contributed by atoms with E-state index in [-0.39, 0.29) is 11.3 Å². The second-order valence-corrected chi connectivity index (χ2v) is 10.3. The van der Waals surface area contributed by atoms with Gasteiger partial charge in [-0.15, -0.1) is 0 Å². The van der Waals surface area contributed by atoms with E-state index in [2.05, 4.69) is 10.2 Å². The Balaban J connectivity index is 1.95. The molecular formula is C15H30N2O2S. The molecule has 20 heavy (non-hydrogen) atoms. The molecule has 4 nitrogen and oxygen atoms in total. The van der Waals surface area contributed by atoms with Crippen molar-refractivity contribution in [2.45, 2.75) is 63.2 Å². The van der Waals surface area contributed by atoms with Gasteiger partial charge in [-0.2, -0.15) is 0 Å². The molecule has 0 bridgehead atoms. The second-order valence-electron chi connectivity index (χ2n) is 7.48. The summed E-state index contributed by atoms with van der Waals surface area (Å²) >= 11 is 0. The summed E-state index contributed by atoms with van der Waals surface area (Å²) in [6, 6.07) is 0. The maximum atomic E-state index is 12.3. The molecule has 1 saturated carbocycles. The van der Waals surface area contributed by atoms with Crippen molar-refractivity contribution in [2.24, 2.45) is 0 Å². The Bertz CT molecular complexity index is 420. The molecule has 5 heteroatoms. The van der Waals surface area contributed by atoms with E-state index >= 15 is 0 Å². The van der Waals surface area contributed by atoms with Crippen LogP contribution in [-0.2, 0) is 9.84 Å². The first-order chi connectivity index (χ1) is 9.24. The van der Waals surface area contributed by atoms with Crippen LogP contribution in [0, 0.1) is 0 Å². The summed E-state index contributed by atoms with van der Waals surface area (Å²) in [4.78, 5) is 2.37. The highest BCUT2D eigenvalue weighted by Crippen LogP contribution is 2.31. The summed E-state index contributed by atoms with van der Waals surface area (Å²) in [6.45, 7) is 9.19. The van der Waals surface area contributed by atoms with E-state index in [1.807, 2.05) is 0 Å². The molecule has 0 atom stereocenters. The molecule has 0 aromatic carbocycles. The lowest BCUT2D eigenvalue weighted by Crippen LogP contribution is -2.50. The fraction of sp³-hybridized carbons (Fsp3) is 1.00. The van der Waals surface area contributed by atoms with E-state index in [0.29, 0.717) is 6.54 Å². The van der Waals surface area contributed by atoms with Crippen LogP contribution in [0.15, 0.2) is 0 Å². The van der Waals surface area contributed by atoms with Crippen LogP contribution in [0.4, 0.5) is 0 Å².